The Bertz CT molecular complexity index is 1470. The van der Waals surface area contributed by atoms with Crippen molar-refractivity contribution in [1.82, 2.24) is 0 Å². The van der Waals surface area contributed by atoms with E-state index in [4.69, 9.17) is 0 Å². The number of nitriles is 2. The van der Waals surface area contributed by atoms with E-state index in [2.05, 4.69) is 91.0 Å². The zero-order valence-electron chi connectivity index (χ0n) is 18.9. The lowest BCUT2D eigenvalue weighted by Crippen LogP contribution is -2.65. The van der Waals surface area contributed by atoms with Crippen molar-refractivity contribution >= 4 is 0 Å². The SMILES string of the molecule is N#C[C@@]12C[C@@H](c3ccccc3)[C@@]13C=CCC1=C3[C@](C#N)(c3ccccc32)[C@H](c2ccccc2)C1. The van der Waals surface area contributed by atoms with Gasteiger partial charge in [0, 0.05) is 17.3 Å². The predicted molar refractivity (Wildman–Crippen MR) is 132 cm³/mol. The van der Waals surface area contributed by atoms with Crippen LogP contribution in [0.25, 0.3) is 0 Å². The number of benzene rings is 3. The van der Waals surface area contributed by atoms with Crippen LogP contribution in [0.5, 0.6) is 0 Å². The molecule has 0 heterocycles. The second kappa shape index (κ2) is 6.59. The van der Waals surface area contributed by atoms with Crippen molar-refractivity contribution < 1.29 is 0 Å². The summed E-state index contributed by atoms with van der Waals surface area (Å²) in [7, 11) is 0. The number of allylic oxidation sites excluding steroid dienone is 4. The maximum absolute atomic E-state index is 11.1. The smallest absolute Gasteiger partial charge is 0.112 e. The summed E-state index contributed by atoms with van der Waals surface area (Å²) in [6.07, 6.45) is 7.13. The van der Waals surface area contributed by atoms with Gasteiger partial charge in [0.2, 0.25) is 0 Å². The first-order chi connectivity index (χ1) is 16.7. The third-order valence-electron chi connectivity index (χ3n) is 9.23. The minimum atomic E-state index is -0.758. The molecule has 2 nitrogen and oxygen atoms in total. The van der Waals surface area contributed by atoms with Crippen molar-refractivity contribution in [3.8, 4) is 12.1 Å². The van der Waals surface area contributed by atoms with Crippen LogP contribution in [-0.2, 0) is 10.8 Å². The van der Waals surface area contributed by atoms with Crippen molar-refractivity contribution in [2.24, 2.45) is 5.41 Å². The molecule has 5 atom stereocenters. The summed E-state index contributed by atoms with van der Waals surface area (Å²) in [5.74, 6) is 0.237. The lowest BCUT2D eigenvalue weighted by Gasteiger charge is -2.67. The highest BCUT2D eigenvalue weighted by molar-refractivity contribution is 5.73. The van der Waals surface area contributed by atoms with E-state index in [1.165, 1.54) is 22.3 Å². The average Bonchev–Trinajstić information content (AvgIpc) is 3.25. The van der Waals surface area contributed by atoms with Gasteiger partial charge in [0.15, 0.2) is 0 Å². The molecule has 3 aromatic rings. The van der Waals surface area contributed by atoms with E-state index in [9.17, 15) is 10.5 Å². The third kappa shape index (κ3) is 1.98. The second-order valence-electron chi connectivity index (χ2n) is 10.3. The second-order valence-corrected chi connectivity index (χ2v) is 10.3. The lowest BCUT2D eigenvalue weighted by molar-refractivity contribution is 0.0604. The van der Waals surface area contributed by atoms with Gasteiger partial charge in [-0.2, -0.15) is 10.5 Å². The molecule has 2 heteroatoms. The molecule has 34 heavy (non-hydrogen) atoms. The Labute approximate surface area is 200 Å². The van der Waals surface area contributed by atoms with Crippen LogP contribution in [0.4, 0.5) is 0 Å². The quantitative estimate of drug-likeness (QED) is 0.413. The molecule has 0 amide bonds. The van der Waals surface area contributed by atoms with Crippen LogP contribution in [0.1, 0.15) is 53.4 Å². The maximum atomic E-state index is 11.1. The summed E-state index contributed by atoms with van der Waals surface area (Å²) in [6, 6.07) is 35.3. The van der Waals surface area contributed by atoms with Gasteiger partial charge < -0.3 is 0 Å². The molecule has 7 rings (SSSR count). The van der Waals surface area contributed by atoms with E-state index in [0.717, 1.165) is 30.4 Å². The average molecular weight is 437 g/mol. The monoisotopic (exact) mass is 436 g/mol. The molecule has 0 unspecified atom stereocenters. The van der Waals surface area contributed by atoms with Crippen LogP contribution in [0.15, 0.2) is 108 Å². The van der Waals surface area contributed by atoms with Crippen LogP contribution in [0.2, 0.25) is 0 Å². The fraction of sp³-hybridized carbons (Fsp3) is 0.250. The summed E-state index contributed by atoms with van der Waals surface area (Å²) in [4.78, 5) is 0. The molecule has 162 valence electrons. The summed E-state index contributed by atoms with van der Waals surface area (Å²) >= 11 is 0. The van der Waals surface area contributed by atoms with Crippen molar-refractivity contribution in [2.45, 2.75) is 41.9 Å². The molecule has 0 aliphatic heterocycles. The van der Waals surface area contributed by atoms with Crippen molar-refractivity contribution in [1.29, 1.82) is 10.5 Å². The highest BCUT2D eigenvalue weighted by Gasteiger charge is 2.76. The first kappa shape index (κ1) is 19.6. The molecular weight excluding hydrogens is 412 g/mol. The Hall–Kier alpha value is -3.88. The molecule has 0 saturated heterocycles. The van der Waals surface area contributed by atoms with Crippen LogP contribution < -0.4 is 0 Å². The molecule has 0 aromatic heterocycles. The largest absolute Gasteiger partial charge is 0.197 e. The number of hydrogen-bond acceptors (Lipinski definition) is 2. The van der Waals surface area contributed by atoms with Gasteiger partial charge in [-0.1, -0.05) is 103 Å². The molecule has 3 aromatic carbocycles. The molecular formula is C32H24N2. The van der Waals surface area contributed by atoms with E-state index in [1.807, 2.05) is 18.2 Å². The van der Waals surface area contributed by atoms with Crippen molar-refractivity contribution in [3.05, 3.63) is 130 Å². The minimum Gasteiger partial charge on any atom is -0.197 e. The zero-order valence-corrected chi connectivity index (χ0v) is 18.9. The van der Waals surface area contributed by atoms with Gasteiger partial charge in [-0.25, -0.2) is 0 Å². The highest BCUT2D eigenvalue weighted by atomic mass is 14.8. The predicted octanol–water partition coefficient (Wildman–Crippen LogP) is 6.84. The van der Waals surface area contributed by atoms with Gasteiger partial charge in [-0.3, -0.25) is 0 Å². The Morgan fingerprint density at radius 2 is 1.32 bits per heavy atom. The molecule has 1 fully saturated rings. The summed E-state index contributed by atoms with van der Waals surface area (Å²) in [5.41, 5.74) is 5.31. The van der Waals surface area contributed by atoms with E-state index < -0.39 is 16.2 Å². The maximum Gasteiger partial charge on any atom is 0.112 e. The molecule has 4 aliphatic carbocycles. The van der Waals surface area contributed by atoms with Gasteiger partial charge in [-0.05, 0) is 47.1 Å². The normalized spacial score (nSPS) is 34.2. The highest BCUT2D eigenvalue weighted by Crippen LogP contribution is 2.79. The summed E-state index contributed by atoms with van der Waals surface area (Å²) in [6.45, 7) is 0. The van der Waals surface area contributed by atoms with Crippen molar-refractivity contribution in [2.75, 3.05) is 0 Å². The molecule has 0 bridgehead atoms. The first-order valence-electron chi connectivity index (χ1n) is 12.2. The van der Waals surface area contributed by atoms with Gasteiger partial charge in [0.25, 0.3) is 0 Å². The van der Waals surface area contributed by atoms with Crippen molar-refractivity contribution in [3.63, 3.8) is 0 Å². The van der Waals surface area contributed by atoms with Crippen LogP contribution in [0.3, 0.4) is 0 Å². The standard InChI is InChI=1S/C32H24N2/c33-20-30-19-28(23-12-5-2-6-13-23)32(30)17-9-14-24-18-27(22-10-3-1-4-11-22)31(21-34,29(24)32)26-16-8-7-15-25(26)30/h1-13,15-17,27-28H,14,18-19H2/t27-,28-,30+,31+,32+/m0/s1. The molecule has 4 aliphatic rings. The molecule has 1 spiro atoms. The van der Waals surface area contributed by atoms with Crippen LogP contribution in [-0.4, -0.2) is 0 Å². The summed E-state index contributed by atoms with van der Waals surface area (Å²) in [5, 5.41) is 22.0. The zero-order chi connectivity index (χ0) is 23.0. The van der Waals surface area contributed by atoms with E-state index in [0.29, 0.717) is 0 Å². The lowest BCUT2D eigenvalue weighted by atomic mass is 9.32. The minimum absolute atomic E-state index is 0.0512. The number of fused-ring (bicyclic) bond motifs is 3. The molecule has 0 radical (unpaired) electrons. The van der Waals surface area contributed by atoms with Crippen LogP contribution >= 0.6 is 0 Å². The van der Waals surface area contributed by atoms with E-state index in [-0.39, 0.29) is 11.8 Å². The fourth-order valence-electron chi connectivity index (χ4n) is 8.04. The van der Waals surface area contributed by atoms with Gasteiger partial charge in [-0.15, -0.1) is 0 Å². The Kier molecular flexibility index (Phi) is 3.79. The Balaban J connectivity index is 1.59. The first-order valence-corrected chi connectivity index (χ1v) is 12.2. The Morgan fingerprint density at radius 1 is 0.706 bits per heavy atom. The Morgan fingerprint density at radius 3 is 1.97 bits per heavy atom. The van der Waals surface area contributed by atoms with Gasteiger partial charge >= 0.3 is 0 Å². The summed E-state index contributed by atoms with van der Waals surface area (Å²) < 4.78 is 0. The number of nitrogens with zero attached hydrogens (tertiary/aromatic N) is 2. The fourth-order valence-corrected chi connectivity index (χ4v) is 8.04. The van der Waals surface area contributed by atoms with E-state index >= 15 is 0 Å². The molecule has 0 N–H and O–H groups in total. The van der Waals surface area contributed by atoms with E-state index in [1.54, 1.807) is 0 Å². The molecule has 1 saturated carbocycles. The van der Waals surface area contributed by atoms with Crippen LogP contribution in [0, 0.1) is 28.1 Å². The topological polar surface area (TPSA) is 47.6 Å². The number of hydrogen-bond donors (Lipinski definition) is 0. The van der Waals surface area contributed by atoms with Gasteiger partial charge in [0.1, 0.15) is 5.41 Å². The third-order valence-corrected chi connectivity index (χ3v) is 9.23. The van der Waals surface area contributed by atoms with Gasteiger partial charge in [0.05, 0.1) is 17.6 Å². The number of rotatable bonds is 2.